The van der Waals surface area contributed by atoms with Gasteiger partial charge in [-0.3, -0.25) is 10.1 Å². The van der Waals surface area contributed by atoms with Gasteiger partial charge in [-0.2, -0.15) is 0 Å². The van der Waals surface area contributed by atoms with Crippen LogP contribution >= 0.6 is 0 Å². The van der Waals surface area contributed by atoms with Crippen molar-refractivity contribution in [2.75, 3.05) is 7.11 Å². The van der Waals surface area contributed by atoms with Gasteiger partial charge in [-0.05, 0) is 35.4 Å². The van der Waals surface area contributed by atoms with Gasteiger partial charge in [-0.15, -0.1) is 0 Å². The summed E-state index contributed by atoms with van der Waals surface area (Å²) in [4.78, 5) is 24.1. The quantitative estimate of drug-likeness (QED) is 0.849. The fourth-order valence-corrected chi connectivity index (χ4v) is 2.71. The third-order valence-electron chi connectivity index (χ3n) is 3.91. The van der Waals surface area contributed by atoms with E-state index in [1.165, 1.54) is 12.1 Å². The van der Waals surface area contributed by atoms with Crippen molar-refractivity contribution < 1.29 is 18.7 Å². The molecule has 5 nitrogen and oxygen atoms in total. The molecule has 2 N–H and O–H groups in total. The lowest BCUT2D eigenvalue weighted by molar-refractivity contribution is -0.124. The predicted molar refractivity (Wildman–Crippen MR) is 81.5 cm³/mol. The molecule has 1 heterocycles. The van der Waals surface area contributed by atoms with Crippen LogP contribution in [0.5, 0.6) is 5.75 Å². The molecule has 1 unspecified atom stereocenters. The molecule has 23 heavy (non-hydrogen) atoms. The van der Waals surface area contributed by atoms with Gasteiger partial charge in [0.05, 0.1) is 7.11 Å². The second-order valence-electron chi connectivity index (χ2n) is 5.35. The zero-order valence-corrected chi connectivity index (χ0v) is 12.4. The minimum atomic E-state index is -1.22. The number of nitrogens with one attached hydrogen (secondary N) is 2. The van der Waals surface area contributed by atoms with Crippen molar-refractivity contribution in [3.05, 3.63) is 65.5 Å². The van der Waals surface area contributed by atoms with E-state index < -0.39 is 17.5 Å². The SMILES string of the molecule is COc1ccc(C2(Cc3ccc(F)cc3)NC(=O)NC2=O)cc1. The second kappa shape index (κ2) is 5.72. The highest BCUT2D eigenvalue weighted by Crippen LogP contribution is 2.30. The Kier molecular flexibility index (Phi) is 3.73. The van der Waals surface area contributed by atoms with Crippen LogP contribution in [0.4, 0.5) is 9.18 Å². The molecule has 2 aromatic carbocycles. The molecular formula is C17H15FN2O3. The van der Waals surface area contributed by atoms with Gasteiger partial charge in [0.2, 0.25) is 0 Å². The van der Waals surface area contributed by atoms with Crippen LogP contribution < -0.4 is 15.4 Å². The Morgan fingerprint density at radius 3 is 2.22 bits per heavy atom. The molecule has 0 radical (unpaired) electrons. The average Bonchev–Trinajstić information content (AvgIpc) is 2.84. The molecule has 1 atom stereocenters. The van der Waals surface area contributed by atoms with Crippen LogP contribution in [0.15, 0.2) is 48.5 Å². The van der Waals surface area contributed by atoms with Crippen molar-refractivity contribution in [3.63, 3.8) is 0 Å². The van der Waals surface area contributed by atoms with Crippen molar-refractivity contribution >= 4 is 11.9 Å². The summed E-state index contributed by atoms with van der Waals surface area (Å²) in [6.45, 7) is 0. The first kappa shape index (κ1) is 15.0. The first-order valence-corrected chi connectivity index (χ1v) is 7.06. The van der Waals surface area contributed by atoms with Crippen molar-refractivity contribution in [2.24, 2.45) is 0 Å². The predicted octanol–water partition coefficient (Wildman–Crippen LogP) is 2.11. The van der Waals surface area contributed by atoms with Crippen molar-refractivity contribution in [1.82, 2.24) is 10.6 Å². The van der Waals surface area contributed by atoms with E-state index in [-0.39, 0.29) is 12.2 Å². The van der Waals surface area contributed by atoms with E-state index in [4.69, 9.17) is 4.74 Å². The second-order valence-corrected chi connectivity index (χ2v) is 5.35. The molecule has 1 aliphatic rings. The van der Waals surface area contributed by atoms with Gasteiger partial charge in [0.1, 0.15) is 11.6 Å². The number of imide groups is 1. The molecule has 3 rings (SSSR count). The fourth-order valence-electron chi connectivity index (χ4n) is 2.71. The lowest BCUT2D eigenvalue weighted by Gasteiger charge is -2.27. The minimum absolute atomic E-state index is 0.219. The van der Waals surface area contributed by atoms with E-state index in [2.05, 4.69) is 10.6 Å². The molecule has 0 aliphatic carbocycles. The van der Waals surface area contributed by atoms with Gasteiger partial charge in [0.15, 0.2) is 5.54 Å². The van der Waals surface area contributed by atoms with Crippen LogP contribution in [0.1, 0.15) is 11.1 Å². The van der Waals surface area contributed by atoms with Crippen LogP contribution in [0, 0.1) is 5.82 Å². The Bertz CT molecular complexity index is 743. The standard InChI is InChI=1S/C17H15FN2O3/c1-23-14-8-4-12(5-9-14)17(15(21)19-16(22)20-17)10-11-2-6-13(18)7-3-11/h2-9H,10H2,1H3,(H2,19,20,21,22). The Morgan fingerprint density at radius 1 is 1.04 bits per heavy atom. The Balaban J connectivity index is 2.01. The highest BCUT2D eigenvalue weighted by molar-refractivity contribution is 6.07. The molecule has 3 amide bonds. The van der Waals surface area contributed by atoms with E-state index in [9.17, 15) is 14.0 Å². The zero-order valence-electron chi connectivity index (χ0n) is 12.4. The number of benzene rings is 2. The molecule has 1 fully saturated rings. The molecule has 0 bridgehead atoms. The van der Waals surface area contributed by atoms with Gasteiger partial charge in [0, 0.05) is 6.42 Å². The summed E-state index contributed by atoms with van der Waals surface area (Å²) in [5.74, 6) is -0.139. The number of hydrogen-bond donors (Lipinski definition) is 2. The third-order valence-corrected chi connectivity index (χ3v) is 3.91. The molecule has 118 valence electrons. The molecule has 0 spiro atoms. The van der Waals surface area contributed by atoms with E-state index in [0.717, 1.165) is 5.56 Å². The maximum atomic E-state index is 13.1. The number of carbonyl (C=O) groups excluding carboxylic acids is 2. The minimum Gasteiger partial charge on any atom is -0.497 e. The molecular weight excluding hydrogens is 299 g/mol. The lowest BCUT2D eigenvalue weighted by Crippen LogP contribution is -2.45. The highest BCUT2D eigenvalue weighted by Gasteiger charge is 2.47. The van der Waals surface area contributed by atoms with Crippen LogP contribution in [0.25, 0.3) is 0 Å². The van der Waals surface area contributed by atoms with E-state index >= 15 is 0 Å². The van der Waals surface area contributed by atoms with Crippen LogP contribution in [-0.2, 0) is 16.8 Å². The lowest BCUT2D eigenvalue weighted by atomic mass is 9.84. The largest absolute Gasteiger partial charge is 0.497 e. The van der Waals surface area contributed by atoms with Crippen LogP contribution in [-0.4, -0.2) is 19.0 Å². The topological polar surface area (TPSA) is 67.4 Å². The number of rotatable bonds is 4. The summed E-state index contributed by atoms with van der Waals surface area (Å²) in [6, 6.07) is 12.2. The molecule has 1 saturated heterocycles. The molecule has 0 aromatic heterocycles. The molecule has 1 aliphatic heterocycles. The summed E-state index contributed by atoms with van der Waals surface area (Å²) < 4.78 is 18.2. The third kappa shape index (κ3) is 2.75. The Labute approximate surface area is 132 Å². The van der Waals surface area contributed by atoms with Gasteiger partial charge in [-0.25, -0.2) is 9.18 Å². The van der Waals surface area contributed by atoms with E-state index in [1.54, 1.807) is 43.5 Å². The van der Waals surface area contributed by atoms with Crippen LogP contribution in [0.2, 0.25) is 0 Å². The van der Waals surface area contributed by atoms with Gasteiger partial charge >= 0.3 is 6.03 Å². The maximum Gasteiger partial charge on any atom is 0.322 e. The molecule has 6 heteroatoms. The van der Waals surface area contributed by atoms with Crippen molar-refractivity contribution in [3.8, 4) is 5.75 Å². The average molecular weight is 314 g/mol. The number of halogens is 1. The summed E-state index contributed by atoms with van der Waals surface area (Å²) in [6.07, 6.45) is 0.219. The van der Waals surface area contributed by atoms with Gasteiger partial charge < -0.3 is 10.1 Å². The smallest absolute Gasteiger partial charge is 0.322 e. The maximum absolute atomic E-state index is 13.1. The number of urea groups is 1. The number of carbonyl (C=O) groups is 2. The number of ether oxygens (including phenoxy) is 1. The number of amides is 3. The summed E-state index contributed by atoms with van der Waals surface area (Å²) in [7, 11) is 1.55. The van der Waals surface area contributed by atoms with Gasteiger partial charge in [0.25, 0.3) is 5.91 Å². The van der Waals surface area contributed by atoms with E-state index in [0.29, 0.717) is 11.3 Å². The Morgan fingerprint density at radius 2 is 1.70 bits per heavy atom. The van der Waals surface area contributed by atoms with E-state index in [1.807, 2.05) is 0 Å². The number of methoxy groups -OCH3 is 1. The molecule has 2 aromatic rings. The van der Waals surface area contributed by atoms with Crippen molar-refractivity contribution in [2.45, 2.75) is 12.0 Å². The monoisotopic (exact) mass is 314 g/mol. The summed E-state index contributed by atoms with van der Waals surface area (Å²) >= 11 is 0. The Hall–Kier alpha value is -2.89. The van der Waals surface area contributed by atoms with Crippen molar-refractivity contribution in [1.29, 1.82) is 0 Å². The number of hydrogen-bond acceptors (Lipinski definition) is 3. The summed E-state index contributed by atoms with van der Waals surface area (Å²) in [5, 5.41) is 4.97. The molecule has 0 saturated carbocycles. The summed E-state index contributed by atoms with van der Waals surface area (Å²) in [5.41, 5.74) is 0.145. The first-order valence-electron chi connectivity index (χ1n) is 7.06. The zero-order chi connectivity index (χ0) is 16.4. The first-order chi connectivity index (χ1) is 11.0. The fraction of sp³-hybridized carbons (Fsp3) is 0.176. The normalized spacial score (nSPS) is 20.1. The van der Waals surface area contributed by atoms with Crippen LogP contribution in [0.3, 0.4) is 0 Å². The van der Waals surface area contributed by atoms with Gasteiger partial charge in [-0.1, -0.05) is 24.3 Å². The highest BCUT2D eigenvalue weighted by atomic mass is 19.1.